The average molecular weight is 748 g/mol. The second-order valence-electron chi connectivity index (χ2n) is 17.2. The predicted octanol–water partition coefficient (Wildman–Crippen LogP) is 3.10. The van der Waals surface area contributed by atoms with Crippen LogP contribution in [0.5, 0.6) is 0 Å². The van der Waals surface area contributed by atoms with Gasteiger partial charge in [-0.25, -0.2) is 0 Å². The highest BCUT2D eigenvalue weighted by molar-refractivity contribution is 5.46. The van der Waals surface area contributed by atoms with Crippen molar-refractivity contribution in [1.29, 1.82) is 0 Å². The maximum Gasteiger partial charge on any atom is 0.127 e. The van der Waals surface area contributed by atoms with E-state index in [1.165, 1.54) is 32.1 Å². The van der Waals surface area contributed by atoms with Gasteiger partial charge in [0.05, 0.1) is 6.10 Å². The van der Waals surface area contributed by atoms with Crippen molar-refractivity contribution in [3.8, 4) is 0 Å². The molecule has 0 aromatic heterocycles. The molecule has 12 heteroatoms. The maximum atomic E-state index is 11.2. The molecule has 15 N–H and O–H groups in total. The quantitative estimate of drug-likeness (QED) is 0.0820. The molecular weight excluding hydrogens is 667 g/mol. The molecule has 1 unspecified atom stereocenters. The number of nitrogens with two attached hydrogens (primary N) is 3. The van der Waals surface area contributed by atoms with Gasteiger partial charge in [0.15, 0.2) is 0 Å². The lowest BCUT2D eigenvalue weighted by Gasteiger charge is -2.35. The van der Waals surface area contributed by atoms with Crippen LogP contribution < -0.4 is 49.1 Å². The summed E-state index contributed by atoms with van der Waals surface area (Å²) in [5.41, 5.74) is 18.9. The van der Waals surface area contributed by atoms with E-state index in [0.717, 1.165) is 63.2 Å². The van der Waals surface area contributed by atoms with E-state index in [0.29, 0.717) is 48.8 Å². The third kappa shape index (κ3) is 17.1. The van der Waals surface area contributed by atoms with Gasteiger partial charge in [0.1, 0.15) is 18.7 Å². The molecule has 13 atom stereocenters. The van der Waals surface area contributed by atoms with Gasteiger partial charge in [-0.3, -0.25) is 16.8 Å². The molecule has 0 spiro atoms. The summed E-state index contributed by atoms with van der Waals surface area (Å²) in [6, 6.07) is 9.46. The predicted molar refractivity (Wildman–Crippen MR) is 220 cm³/mol. The van der Waals surface area contributed by atoms with Gasteiger partial charge in [-0.05, 0) is 125 Å². The molecule has 0 bridgehead atoms. The first-order valence-electron chi connectivity index (χ1n) is 21.1. The Morgan fingerprint density at radius 3 is 2.21 bits per heavy atom. The second kappa shape index (κ2) is 24.3. The smallest absolute Gasteiger partial charge is 0.127 e. The Balaban J connectivity index is 1.52. The molecule has 3 rings (SSSR count). The van der Waals surface area contributed by atoms with Gasteiger partial charge in [-0.15, -0.1) is 0 Å². The standard InChI is InChI=1S/C41H81N9O3/c1-26-20-30(5)45-17-18-46-36-14-7-8-15-37(36)49-25-35(48-24-29(26)4)13-10-16-47-39(52)23-33(22-38(42)51)31(6)27(2)19-28(3)40(53)32-11-9-12-34(21-32)50-41(43)44/h9,11-12,21,26-31,33,35-41,45-53H,7-8,10,13-20,22-25,42-44H2,1-6H3/t26-,27+,28+,29+,30-,31+,33?,35-,36+,37+,38+,39+,40+/m0/s1. The minimum Gasteiger partial charge on any atom is -0.388 e. The highest BCUT2D eigenvalue weighted by Gasteiger charge is 2.30. The molecule has 1 aliphatic heterocycles. The molecule has 1 aromatic rings. The first-order valence-corrected chi connectivity index (χ1v) is 21.1. The lowest BCUT2D eigenvalue weighted by molar-refractivity contribution is 0.0462. The number of aliphatic hydroxyl groups excluding tert-OH is 3. The number of anilines is 1. The van der Waals surface area contributed by atoms with Crippen LogP contribution in [0.4, 0.5) is 5.69 Å². The zero-order valence-corrected chi connectivity index (χ0v) is 34.1. The minimum absolute atomic E-state index is 0.00916. The number of fused-ring (bicyclic) bond motifs is 1. The molecule has 2 fully saturated rings. The van der Waals surface area contributed by atoms with Crippen LogP contribution in [0.1, 0.15) is 117 Å². The summed E-state index contributed by atoms with van der Waals surface area (Å²) in [4.78, 5) is 0. The highest BCUT2D eigenvalue weighted by atomic mass is 16.3. The monoisotopic (exact) mass is 748 g/mol. The van der Waals surface area contributed by atoms with Crippen LogP contribution in [-0.2, 0) is 0 Å². The van der Waals surface area contributed by atoms with Crippen molar-refractivity contribution < 1.29 is 15.3 Å². The summed E-state index contributed by atoms with van der Waals surface area (Å²) in [5, 5.41) is 54.4. The molecule has 1 aliphatic carbocycles. The Morgan fingerprint density at radius 2 is 1.51 bits per heavy atom. The fourth-order valence-corrected chi connectivity index (χ4v) is 8.74. The fourth-order valence-electron chi connectivity index (χ4n) is 8.74. The topological polar surface area (TPSA) is 211 Å². The van der Waals surface area contributed by atoms with E-state index in [1.54, 1.807) is 0 Å². The average Bonchev–Trinajstić information content (AvgIpc) is 3.11. The van der Waals surface area contributed by atoms with Gasteiger partial charge in [-0.1, -0.05) is 59.6 Å². The SMILES string of the molecule is C[C@@H]1CN[C@@H](CCCN[C@H](O)CC(C[C@H](N)O)[C@H](C)[C@H](C)C[C@@H](C)[C@@H](O)c2cccc(NC(N)N)c2)CN[C@@H]2CCCC[C@H]2NCCN[C@@H](C)C[C@@H]1C. The molecule has 12 nitrogen and oxygen atoms in total. The van der Waals surface area contributed by atoms with E-state index in [1.807, 2.05) is 24.3 Å². The normalized spacial score (nSPS) is 29.5. The Kier molecular flexibility index (Phi) is 21.0. The summed E-state index contributed by atoms with van der Waals surface area (Å²) in [7, 11) is 0. The van der Waals surface area contributed by atoms with Gasteiger partial charge in [0, 0.05) is 49.5 Å². The first kappa shape index (κ1) is 46.0. The van der Waals surface area contributed by atoms with Crippen molar-refractivity contribution in [3.63, 3.8) is 0 Å². The van der Waals surface area contributed by atoms with E-state index in [2.05, 4.69) is 73.4 Å². The molecule has 53 heavy (non-hydrogen) atoms. The van der Waals surface area contributed by atoms with Gasteiger partial charge < -0.3 is 47.6 Å². The van der Waals surface area contributed by atoms with E-state index >= 15 is 0 Å². The van der Waals surface area contributed by atoms with Gasteiger partial charge in [-0.2, -0.15) is 0 Å². The second-order valence-corrected chi connectivity index (χ2v) is 17.2. The largest absolute Gasteiger partial charge is 0.388 e. The summed E-state index contributed by atoms with van der Waals surface area (Å²) in [6.45, 7) is 18.2. The van der Waals surface area contributed by atoms with Crippen molar-refractivity contribution in [1.82, 2.24) is 26.6 Å². The van der Waals surface area contributed by atoms with E-state index in [4.69, 9.17) is 17.2 Å². The zero-order valence-electron chi connectivity index (χ0n) is 34.1. The van der Waals surface area contributed by atoms with Crippen molar-refractivity contribution in [3.05, 3.63) is 29.8 Å². The van der Waals surface area contributed by atoms with Crippen molar-refractivity contribution >= 4 is 5.69 Å². The Bertz CT molecular complexity index is 1120. The third-order valence-corrected chi connectivity index (χ3v) is 12.5. The van der Waals surface area contributed by atoms with Crippen molar-refractivity contribution in [2.45, 2.75) is 155 Å². The van der Waals surface area contributed by atoms with Crippen LogP contribution in [0.2, 0.25) is 0 Å². The molecule has 0 radical (unpaired) electrons. The van der Waals surface area contributed by atoms with Crippen LogP contribution in [0, 0.1) is 35.5 Å². The van der Waals surface area contributed by atoms with Crippen LogP contribution in [0.15, 0.2) is 24.3 Å². The van der Waals surface area contributed by atoms with Crippen LogP contribution >= 0.6 is 0 Å². The van der Waals surface area contributed by atoms with E-state index < -0.39 is 24.8 Å². The highest BCUT2D eigenvalue weighted by Crippen LogP contribution is 2.35. The third-order valence-electron chi connectivity index (χ3n) is 12.5. The van der Waals surface area contributed by atoms with Crippen LogP contribution in [0.25, 0.3) is 0 Å². The van der Waals surface area contributed by atoms with Gasteiger partial charge in [0.2, 0.25) is 0 Å². The number of benzene rings is 1. The summed E-state index contributed by atoms with van der Waals surface area (Å²) >= 11 is 0. The van der Waals surface area contributed by atoms with Crippen LogP contribution in [-0.4, -0.2) is 91.0 Å². The van der Waals surface area contributed by atoms with Crippen LogP contribution in [0.3, 0.4) is 0 Å². The Morgan fingerprint density at radius 1 is 0.811 bits per heavy atom. The number of nitrogens with one attached hydrogen (secondary N) is 6. The van der Waals surface area contributed by atoms with Crippen molar-refractivity contribution in [2.24, 2.45) is 52.7 Å². The lowest BCUT2D eigenvalue weighted by Crippen LogP contribution is -2.54. The molecule has 1 saturated heterocycles. The molecule has 308 valence electrons. The molecule has 1 aromatic carbocycles. The molecular formula is C41H81N9O3. The molecule has 2 aliphatic rings. The number of aliphatic hydroxyl groups is 3. The first-order chi connectivity index (χ1) is 25.2. The van der Waals surface area contributed by atoms with Gasteiger partial charge >= 0.3 is 0 Å². The minimum atomic E-state index is -0.949. The summed E-state index contributed by atoms with van der Waals surface area (Å²) in [5.74, 6) is 1.63. The van der Waals surface area contributed by atoms with Gasteiger partial charge in [0.25, 0.3) is 0 Å². The van der Waals surface area contributed by atoms with E-state index in [9.17, 15) is 15.3 Å². The number of rotatable bonds is 17. The summed E-state index contributed by atoms with van der Waals surface area (Å²) < 4.78 is 0. The summed E-state index contributed by atoms with van der Waals surface area (Å²) in [6.07, 6.45) is 6.93. The molecule has 0 amide bonds. The number of hydrogen-bond acceptors (Lipinski definition) is 12. The lowest BCUT2D eigenvalue weighted by atomic mass is 9.75. The van der Waals surface area contributed by atoms with E-state index in [-0.39, 0.29) is 23.7 Å². The zero-order chi connectivity index (χ0) is 38.9. The number of hydrogen-bond donors (Lipinski definition) is 12. The Hall–Kier alpha value is -1.42. The molecule has 1 saturated carbocycles. The maximum absolute atomic E-state index is 11.2. The Labute approximate surface area is 322 Å². The fraction of sp³-hybridized carbons (Fsp3) is 0.854. The molecule has 1 heterocycles. The van der Waals surface area contributed by atoms with Crippen molar-refractivity contribution in [2.75, 3.05) is 38.0 Å².